The van der Waals surface area contributed by atoms with E-state index >= 15 is 0 Å². The quantitative estimate of drug-likeness (QED) is 0.780. The smallest absolute Gasteiger partial charge is 0.209 e. The fourth-order valence-corrected chi connectivity index (χ4v) is 3.45. The topological polar surface area (TPSA) is 69.4 Å². The maximum Gasteiger partial charge on any atom is 0.209 e. The number of rotatable bonds is 5. The highest BCUT2D eigenvalue weighted by Crippen LogP contribution is 2.39. The van der Waals surface area contributed by atoms with Gasteiger partial charge in [-0.1, -0.05) is 12.8 Å². The second kappa shape index (κ2) is 4.80. The molecule has 0 unspecified atom stereocenters. The maximum absolute atomic E-state index is 11.2. The van der Waals surface area contributed by atoms with Crippen molar-refractivity contribution in [1.82, 2.24) is 0 Å². The van der Waals surface area contributed by atoms with Crippen LogP contribution in [-0.2, 0) is 14.8 Å². The van der Waals surface area contributed by atoms with Crippen LogP contribution in [-0.4, -0.2) is 26.9 Å². The standard InChI is InChI=1S/C10H21NO3S/c1-9(2)14-7-10(5-3-4-6-10)8-15(11,12)13/h9H,3-8H2,1-2H3,(H2,11,12,13). The van der Waals surface area contributed by atoms with Gasteiger partial charge in [0, 0.05) is 5.41 Å². The summed E-state index contributed by atoms with van der Waals surface area (Å²) < 4.78 is 27.9. The molecule has 0 radical (unpaired) electrons. The predicted molar refractivity (Wildman–Crippen MR) is 60.0 cm³/mol. The van der Waals surface area contributed by atoms with Gasteiger partial charge in [-0.3, -0.25) is 0 Å². The summed E-state index contributed by atoms with van der Waals surface area (Å²) in [4.78, 5) is 0. The lowest BCUT2D eigenvalue weighted by Gasteiger charge is -2.28. The Hall–Kier alpha value is -0.130. The van der Waals surface area contributed by atoms with E-state index in [1.165, 1.54) is 0 Å². The van der Waals surface area contributed by atoms with Gasteiger partial charge in [0.1, 0.15) is 0 Å². The lowest BCUT2D eigenvalue weighted by Crippen LogP contribution is -2.36. The first-order valence-corrected chi connectivity index (χ1v) is 7.17. The highest BCUT2D eigenvalue weighted by atomic mass is 32.2. The zero-order valence-electron chi connectivity index (χ0n) is 9.53. The second-order valence-electron chi connectivity index (χ2n) is 4.87. The average Bonchev–Trinajstić information content (AvgIpc) is 2.47. The van der Waals surface area contributed by atoms with Crippen LogP contribution >= 0.6 is 0 Å². The number of primary sulfonamides is 1. The van der Waals surface area contributed by atoms with E-state index in [1.54, 1.807) is 0 Å². The Morgan fingerprint density at radius 1 is 1.33 bits per heavy atom. The third-order valence-electron chi connectivity index (χ3n) is 2.89. The lowest BCUT2D eigenvalue weighted by atomic mass is 9.90. The van der Waals surface area contributed by atoms with Crippen LogP contribution in [0.25, 0.3) is 0 Å². The van der Waals surface area contributed by atoms with Crippen molar-refractivity contribution in [1.29, 1.82) is 0 Å². The summed E-state index contributed by atoms with van der Waals surface area (Å²) in [6.07, 6.45) is 4.13. The molecule has 0 spiro atoms. The third-order valence-corrected chi connectivity index (χ3v) is 3.91. The number of hydrogen-bond donors (Lipinski definition) is 1. The van der Waals surface area contributed by atoms with Crippen LogP contribution in [0.4, 0.5) is 0 Å². The molecule has 5 heteroatoms. The highest BCUT2D eigenvalue weighted by molar-refractivity contribution is 7.89. The normalized spacial score (nSPS) is 21.1. The first-order chi connectivity index (χ1) is 6.83. The van der Waals surface area contributed by atoms with Gasteiger partial charge in [0.15, 0.2) is 0 Å². The van der Waals surface area contributed by atoms with E-state index < -0.39 is 10.0 Å². The van der Waals surface area contributed by atoms with Crippen LogP contribution in [0.1, 0.15) is 39.5 Å². The van der Waals surface area contributed by atoms with Crippen LogP contribution in [0.15, 0.2) is 0 Å². The second-order valence-corrected chi connectivity index (χ2v) is 6.49. The number of sulfonamides is 1. The Bertz CT molecular complexity index is 292. The maximum atomic E-state index is 11.2. The molecule has 0 atom stereocenters. The van der Waals surface area contributed by atoms with Crippen molar-refractivity contribution >= 4 is 10.0 Å². The highest BCUT2D eigenvalue weighted by Gasteiger charge is 2.37. The Morgan fingerprint density at radius 2 is 1.87 bits per heavy atom. The minimum atomic E-state index is -3.39. The Labute approximate surface area is 92.2 Å². The van der Waals surface area contributed by atoms with Gasteiger partial charge in [-0.05, 0) is 26.7 Å². The molecule has 1 fully saturated rings. The van der Waals surface area contributed by atoms with E-state index in [2.05, 4.69) is 0 Å². The summed E-state index contributed by atoms with van der Waals surface area (Å²) >= 11 is 0. The molecule has 90 valence electrons. The van der Waals surface area contributed by atoms with Crippen LogP contribution in [0.2, 0.25) is 0 Å². The molecule has 0 saturated heterocycles. The van der Waals surface area contributed by atoms with E-state index in [4.69, 9.17) is 9.88 Å². The van der Waals surface area contributed by atoms with Gasteiger partial charge in [-0.15, -0.1) is 0 Å². The Balaban J connectivity index is 2.62. The van der Waals surface area contributed by atoms with Gasteiger partial charge in [0.2, 0.25) is 10.0 Å². The minimum Gasteiger partial charge on any atom is -0.378 e. The minimum absolute atomic E-state index is 0.0622. The number of ether oxygens (including phenoxy) is 1. The summed E-state index contributed by atoms with van der Waals surface area (Å²) in [6, 6.07) is 0. The van der Waals surface area contributed by atoms with Crippen LogP contribution in [0, 0.1) is 5.41 Å². The zero-order chi connectivity index (χ0) is 11.5. The summed E-state index contributed by atoms with van der Waals surface area (Å²) in [7, 11) is -3.39. The molecule has 0 heterocycles. The summed E-state index contributed by atoms with van der Waals surface area (Å²) in [5.41, 5.74) is -0.224. The summed E-state index contributed by atoms with van der Waals surface area (Å²) in [6.45, 7) is 4.43. The SMILES string of the molecule is CC(C)OCC1(CS(N)(=O)=O)CCCC1. The predicted octanol–water partition coefficient (Wildman–Crippen LogP) is 1.26. The van der Waals surface area contributed by atoms with E-state index in [9.17, 15) is 8.42 Å². The van der Waals surface area contributed by atoms with Crippen molar-refractivity contribution in [2.24, 2.45) is 10.6 Å². The number of hydrogen-bond acceptors (Lipinski definition) is 3. The summed E-state index contributed by atoms with van der Waals surface area (Å²) in [5.74, 6) is 0.0622. The molecule has 0 aromatic heterocycles. The largest absolute Gasteiger partial charge is 0.378 e. The van der Waals surface area contributed by atoms with E-state index in [0.29, 0.717) is 6.61 Å². The van der Waals surface area contributed by atoms with Crippen LogP contribution in [0.3, 0.4) is 0 Å². The number of nitrogens with two attached hydrogens (primary N) is 1. The van der Waals surface area contributed by atoms with Crippen LogP contribution < -0.4 is 5.14 Å². The van der Waals surface area contributed by atoms with Gasteiger partial charge in [0.25, 0.3) is 0 Å². The van der Waals surface area contributed by atoms with Gasteiger partial charge in [0.05, 0.1) is 18.5 Å². The van der Waals surface area contributed by atoms with Crippen molar-refractivity contribution in [2.45, 2.75) is 45.6 Å². The van der Waals surface area contributed by atoms with Crippen molar-refractivity contribution in [3.05, 3.63) is 0 Å². The third kappa shape index (κ3) is 4.49. The molecule has 2 N–H and O–H groups in total. The van der Waals surface area contributed by atoms with Gasteiger partial charge < -0.3 is 4.74 Å². The van der Waals surface area contributed by atoms with Gasteiger partial charge in [-0.25, -0.2) is 13.6 Å². The van der Waals surface area contributed by atoms with Crippen molar-refractivity contribution in [3.63, 3.8) is 0 Å². The van der Waals surface area contributed by atoms with E-state index in [0.717, 1.165) is 25.7 Å². The Morgan fingerprint density at radius 3 is 2.27 bits per heavy atom. The molecule has 15 heavy (non-hydrogen) atoms. The van der Waals surface area contributed by atoms with Crippen molar-refractivity contribution in [2.75, 3.05) is 12.4 Å². The van der Waals surface area contributed by atoms with E-state index in [-0.39, 0.29) is 17.3 Å². The molecule has 1 aliphatic carbocycles. The van der Waals surface area contributed by atoms with Gasteiger partial charge in [-0.2, -0.15) is 0 Å². The van der Waals surface area contributed by atoms with Gasteiger partial charge >= 0.3 is 0 Å². The Kier molecular flexibility index (Phi) is 4.14. The molecular weight excluding hydrogens is 214 g/mol. The van der Waals surface area contributed by atoms with Crippen LogP contribution in [0.5, 0.6) is 0 Å². The molecule has 0 bridgehead atoms. The molecule has 1 rings (SSSR count). The zero-order valence-corrected chi connectivity index (χ0v) is 10.3. The van der Waals surface area contributed by atoms with E-state index in [1.807, 2.05) is 13.8 Å². The summed E-state index contributed by atoms with van der Waals surface area (Å²) in [5, 5.41) is 5.12. The first-order valence-electron chi connectivity index (χ1n) is 5.45. The monoisotopic (exact) mass is 235 g/mol. The van der Waals surface area contributed by atoms with Crippen molar-refractivity contribution < 1.29 is 13.2 Å². The molecular formula is C10H21NO3S. The molecule has 0 aromatic rings. The molecule has 1 saturated carbocycles. The molecule has 0 amide bonds. The average molecular weight is 235 g/mol. The molecule has 0 aliphatic heterocycles. The first kappa shape index (κ1) is 12.9. The fraction of sp³-hybridized carbons (Fsp3) is 1.00. The molecule has 0 aromatic carbocycles. The molecule has 4 nitrogen and oxygen atoms in total. The fourth-order valence-electron chi connectivity index (χ4n) is 2.23. The molecule has 1 aliphatic rings. The van der Waals surface area contributed by atoms with Crippen molar-refractivity contribution in [3.8, 4) is 0 Å². The lowest BCUT2D eigenvalue weighted by molar-refractivity contribution is 0.0182.